The Balaban J connectivity index is 1.82. The van der Waals surface area contributed by atoms with Crippen molar-refractivity contribution in [1.29, 1.82) is 0 Å². The maximum absolute atomic E-state index is 14.8. The number of nitrogens with zero attached hydrogens (tertiary/aromatic N) is 1. The van der Waals surface area contributed by atoms with Gasteiger partial charge >= 0.3 is 5.97 Å². The lowest BCUT2D eigenvalue weighted by Crippen LogP contribution is -2.49. The fraction of sp³-hybridized carbons (Fsp3) is 0.579. The molecule has 1 saturated heterocycles. The third kappa shape index (κ3) is 2.60. The molecule has 1 aliphatic heterocycles. The lowest BCUT2D eigenvalue weighted by atomic mass is 9.60. The zero-order chi connectivity index (χ0) is 17.3. The van der Waals surface area contributed by atoms with Crippen molar-refractivity contribution in [2.45, 2.75) is 45.3 Å². The minimum absolute atomic E-state index is 0.207. The Labute approximate surface area is 142 Å². The molecule has 3 unspecified atom stereocenters. The van der Waals surface area contributed by atoms with Crippen LogP contribution in [0, 0.1) is 11.3 Å². The average Bonchev–Trinajstić information content (AvgIpc) is 2.84. The third-order valence-corrected chi connectivity index (χ3v) is 5.65. The van der Waals surface area contributed by atoms with Crippen LogP contribution in [0.4, 0.5) is 4.39 Å². The number of hydrogen-bond acceptors (Lipinski definition) is 3. The molecule has 5 heteroatoms. The molecule has 3 atom stereocenters. The van der Waals surface area contributed by atoms with Crippen molar-refractivity contribution in [2.75, 3.05) is 13.2 Å². The number of ether oxygens (including phenoxy) is 1. The summed E-state index contributed by atoms with van der Waals surface area (Å²) in [7, 11) is 0. The molecule has 1 aromatic carbocycles. The Morgan fingerprint density at radius 2 is 2.04 bits per heavy atom. The van der Waals surface area contributed by atoms with Crippen molar-refractivity contribution < 1.29 is 18.7 Å². The first kappa shape index (κ1) is 16.9. The van der Waals surface area contributed by atoms with Crippen molar-refractivity contribution in [2.24, 2.45) is 11.3 Å². The summed E-state index contributed by atoms with van der Waals surface area (Å²) in [5.41, 5.74) is 0.147. The van der Waals surface area contributed by atoms with E-state index in [2.05, 4.69) is 0 Å². The van der Waals surface area contributed by atoms with E-state index in [-0.39, 0.29) is 25.2 Å². The maximum Gasteiger partial charge on any atom is 0.312 e. The predicted molar refractivity (Wildman–Crippen MR) is 87.9 cm³/mol. The standard InChI is InChI=1S/C19H24FNO3/c1-3-24-18(23)19(10-7-11-19)15-12-21(17(22)16(15)20)13(2)14-8-5-4-6-9-14/h4-6,8-9,13,15-16H,3,7,10-12H2,1-2H3. The van der Waals surface area contributed by atoms with Crippen molar-refractivity contribution >= 4 is 11.9 Å². The fourth-order valence-corrected chi connectivity index (χ4v) is 4.00. The first-order valence-electron chi connectivity index (χ1n) is 8.68. The van der Waals surface area contributed by atoms with E-state index in [1.807, 2.05) is 37.3 Å². The molecule has 2 aliphatic rings. The van der Waals surface area contributed by atoms with Gasteiger partial charge in [-0.25, -0.2) is 4.39 Å². The van der Waals surface area contributed by atoms with Gasteiger partial charge in [0.25, 0.3) is 5.91 Å². The fourth-order valence-electron chi connectivity index (χ4n) is 4.00. The van der Waals surface area contributed by atoms with Crippen molar-refractivity contribution in [3.05, 3.63) is 35.9 Å². The van der Waals surface area contributed by atoms with Gasteiger partial charge in [-0.15, -0.1) is 0 Å². The van der Waals surface area contributed by atoms with Crippen LogP contribution in [0.2, 0.25) is 0 Å². The van der Waals surface area contributed by atoms with Crippen LogP contribution in [0.3, 0.4) is 0 Å². The molecule has 130 valence electrons. The Bertz CT molecular complexity index is 614. The summed E-state index contributed by atoms with van der Waals surface area (Å²) in [6, 6.07) is 9.38. The minimum atomic E-state index is -1.62. The summed E-state index contributed by atoms with van der Waals surface area (Å²) in [4.78, 5) is 26.5. The first-order chi connectivity index (χ1) is 11.5. The predicted octanol–water partition coefficient (Wildman–Crippen LogP) is 3.28. The van der Waals surface area contributed by atoms with Gasteiger partial charge < -0.3 is 9.64 Å². The van der Waals surface area contributed by atoms with Gasteiger partial charge in [0.2, 0.25) is 0 Å². The van der Waals surface area contributed by atoms with Crippen LogP contribution in [0.1, 0.15) is 44.7 Å². The molecule has 1 amide bonds. The van der Waals surface area contributed by atoms with Crippen LogP contribution in [-0.2, 0) is 14.3 Å². The molecule has 4 nitrogen and oxygen atoms in total. The normalized spacial score (nSPS) is 26.8. The highest BCUT2D eigenvalue weighted by molar-refractivity contribution is 5.87. The van der Waals surface area contributed by atoms with Crippen LogP contribution < -0.4 is 0 Å². The molecule has 3 rings (SSSR count). The van der Waals surface area contributed by atoms with Gasteiger partial charge in [0, 0.05) is 12.5 Å². The number of hydrogen-bond donors (Lipinski definition) is 0. The lowest BCUT2D eigenvalue weighted by molar-refractivity contribution is -0.168. The second kappa shape index (κ2) is 6.54. The number of alkyl halides is 1. The second-order valence-electron chi connectivity index (χ2n) is 6.82. The maximum atomic E-state index is 14.8. The average molecular weight is 333 g/mol. The Morgan fingerprint density at radius 1 is 1.38 bits per heavy atom. The van der Waals surface area contributed by atoms with Gasteiger partial charge in [0.15, 0.2) is 6.17 Å². The monoisotopic (exact) mass is 333 g/mol. The van der Waals surface area contributed by atoms with Crippen LogP contribution in [0.5, 0.6) is 0 Å². The highest BCUT2D eigenvalue weighted by Gasteiger charge is 2.60. The summed E-state index contributed by atoms with van der Waals surface area (Å²) in [5.74, 6) is -1.46. The number of halogens is 1. The molecule has 1 saturated carbocycles. The number of rotatable bonds is 5. The molecule has 24 heavy (non-hydrogen) atoms. The van der Waals surface area contributed by atoms with E-state index < -0.39 is 23.4 Å². The number of amides is 1. The number of likely N-dealkylation sites (tertiary alicyclic amines) is 1. The summed E-state index contributed by atoms with van der Waals surface area (Å²) in [6.07, 6.45) is 0.473. The van der Waals surface area contributed by atoms with Gasteiger partial charge in [-0.3, -0.25) is 9.59 Å². The smallest absolute Gasteiger partial charge is 0.312 e. The number of esters is 1. The van der Waals surface area contributed by atoms with Crippen molar-refractivity contribution in [1.82, 2.24) is 4.90 Å². The van der Waals surface area contributed by atoms with Gasteiger partial charge in [-0.05, 0) is 32.3 Å². The van der Waals surface area contributed by atoms with E-state index in [0.29, 0.717) is 12.8 Å². The Kier molecular flexibility index (Phi) is 4.61. The molecule has 0 aromatic heterocycles. The molecule has 0 spiro atoms. The van der Waals surface area contributed by atoms with Crippen LogP contribution in [0.15, 0.2) is 30.3 Å². The van der Waals surface area contributed by atoms with Gasteiger partial charge in [0.05, 0.1) is 18.1 Å². The third-order valence-electron chi connectivity index (χ3n) is 5.65. The topological polar surface area (TPSA) is 46.6 Å². The molecule has 1 aromatic rings. The zero-order valence-corrected chi connectivity index (χ0v) is 14.2. The van der Waals surface area contributed by atoms with Gasteiger partial charge in [-0.1, -0.05) is 36.8 Å². The van der Waals surface area contributed by atoms with Crippen LogP contribution in [-0.4, -0.2) is 36.1 Å². The van der Waals surface area contributed by atoms with Crippen LogP contribution in [0.25, 0.3) is 0 Å². The summed E-state index contributed by atoms with van der Waals surface area (Å²) in [5, 5.41) is 0. The van der Waals surface area contributed by atoms with Crippen LogP contribution >= 0.6 is 0 Å². The van der Waals surface area contributed by atoms with Crippen molar-refractivity contribution in [3.8, 4) is 0 Å². The molecular formula is C19H24FNO3. The summed E-state index contributed by atoms with van der Waals surface area (Å²) < 4.78 is 20.0. The van der Waals surface area contributed by atoms with E-state index in [1.54, 1.807) is 11.8 Å². The number of carbonyl (C=O) groups excluding carboxylic acids is 2. The lowest BCUT2D eigenvalue weighted by Gasteiger charge is -2.44. The highest BCUT2D eigenvalue weighted by Crippen LogP contribution is 2.53. The first-order valence-corrected chi connectivity index (χ1v) is 8.68. The molecule has 0 N–H and O–H groups in total. The van der Waals surface area contributed by atoms with Gasteiger partial charge in [0.1, 0.15) is 0 Å². The number of benzene rings is 1. The zero-order valence-electron chi connectivity index (χ0n) is 14.2. The molecule has 2 fully saturated rings. The quantitative estimate of drug-likeness (QED) is 0.777. The molecule has 1 heterocycles. The Hall–Kier alpha value is -1.91. The molecule has 0 radical (unpaired) electrons. The van der Waals surface area contributed by atoms with E-state index in [9.17, 15) is 14.0 Å². The van der Waals surface area contributed by atoms with E-state index in [0.717, 1.165) is 12.0 Å². The minimum Gasteiger partial charge on any atom is -0.466 e. The highest BCUT2D eigenvalue weighted by atomic mass is 19.1. The van der Waals surface area contributed by atoms with E-state index >= 15 is 0 Å². The second-order valence-corrected chi connectivity index (χ2v) is 6.82. The number of carbonyl (C=O) groups is 2. The van der Waals surface area contributed by atoms with E-state index in [4.69, 9.17) is 4.74 Å². The van der Waals surface area contributed by atoms with E-state index in [1.165, 1.54) is 0 Å². The molecule has 1 aliphatic carbocycles. The Morgan fingerprint density at radius 3 is 2.58 bits per heavy atom. The SMILES string of the molecule is CCOC(=O)C1(C2CN(C(C)c3ccccc3)C(=O)C2F)CCC1. The molecular weight excluding hydrogens is 309 g/mol. The summed E-state index contributed by atoms with van der Waals surface area (Å²) >= 11 is 0. The largest absolute Gasteiger partial charge is 0.466 e. The molecule has 0 bridgehead atoms. The van der Waals surface area contributed by atoms with Crippen molar-refractivity contribution in [3.63, 3.8) is 0 Å². The summed E-state index contributed by atoms with van der Waals surface area (Å²) in [6.45, 7) is 4.21. The van der Waals surface area contributed by atoms with Gasteiger partial charge in [-0.2, -0.15) is 0 Å².